The van der Waals surface area contributed by atoms with E-state index in [2.05, 4.69) is 5.32 Å². The van der Waals surface area contributed by atoms with Crippen molar-refractivity contribution < 1.29 is 14.6 Å². The van der Waals surface area contributed by atoms with Crippen molar-refractivity contribution in [2.75, 3.05) is 13.7 Å². The van der Waals surface area contributed by atoms with Crippen LogP contribution in [0.1, 0.15) is 18.9 Å². The summed E-state index contributed by atoms with van der Waals surface area (Å²) < 4.78 is 5.17. The fraction of sp³-hybridized carbons (Fsp3) is 0.357. The molecular formula is C14H19NO3. The quantitative estimate of drug-likeness (QED) is 0.753. The van der Waals surface area contributed by atoms with Gasteiger partial charge in [0.05, 0.1) is 13.2 Å². The van der Waals surface area contributed by atoms with Gasteiger partial charge in [0, 0.05) is 18.2 Å². The SMILES string of the molecule is COc1ccccc1/C=C/C(=O)NCCC(C)O. The van der Waals surface area contributed by atoms with Crippen molar-refractivity contribution in [3.05, 3.63) is 35.9 Å². The van der Waals surface area contributed by atoms with Crippen molar-refractivity contribution in [2.24, 2.45) is 0 Å². The van der Waals surface area contributed by atoms with Crippen LogP contribution in [-0.4, -0.2) is 30.8 Å². The minimum absolute atomic E-state index is 0.179. The Labute approximate surface area is 107 Å². The third-order valence-corrected chi connectivity index (χ3v) is 2.41. The molecule has 0 heterocycles. The van der Waals surface area contributed by atoms with Gasteiger partial charge < -0.3 is 15.2 Å². The summed E-state index contributed by atoms with van der Waals surface area (Å²) in [7, 11) is 1.59. The molecule has 18 heavy (non-hydrogen) atoms. The standard InChI is InChI=1S/C14H19NO3/c1-11(16)9-10-15-14(17)8-7-12-5-3-4-6-13(12)18-2/h3-8,11,16H,9-10H2,1-2H3,(H,15,17)/b8-7+. The maximum Gasteiger partial charge on any atom is 0.244 e. The highest BCUT2D eigenvalue weighted by Gasteiger charge is 2.00. The average Bonchev–Trinajstić information content (AvgIpc) is 2.36. The Hall–Kier alpha value is -1.81. The summed E-state index contributed by atoms with van der Waals surface area (Å²) in [4.78, 5) is 11.5. The molecule has 1 unspecified atom stereocenters. The lowest BCUT2D eigenvalue weighted by Gasteiger charge is -2.05. The molecule has 0 bridgehead atoms. The van der Waals surface area contributed by atoms with E-state index in [4.69, 9.17) is 9.84 Å². The van der Waals surface area contributed by atoms with E-state index in [1.807, 2.05) is 24.3 Å². The van der Waals surface area contributed by atoms with Gasteiger partial charge in [-0.3, -0.25) is 4.79 Å². The topological polar surface area (TPSA) is 58.6 Å². The maximum absolute atomic E-state index is 11.5. The molecule has 0 aliphatic carbocycles. The number of para-hydroxylation sites is 1. The molecule has 4 nitrogen and oxygen atoms in total. The van der Waals surface area contributed by atoms with Crippen LogP contribution in [0.2, 0.25) is 0 Å². The van der Waals surface area contributed by atoms with E-state index >= 15 is 0 Å². The Balaban J connectivity index is 2.50. The second-order valence-electron chi connectivity index (χ2n) is 4.00. The molecule has 0 fully saturated rings. The van der Waals surface area contributed by atoms with Crippen LogP contribution in [0.3, 0.4) is 0 Å². The first kappa shape index (κ1) is 14.3. The predicted molar refractivity (Wildman–Crippen MR) is 71.3 cm³/mol. The molecule has 0 saturated carbocycles. The largest absolute Gasteiger partial charge is 0.496 e. The molecule has 0 radical (unpaired) electrons. The van der Waals surface area contributed by atoms with Gasteiger partial charge in [-0.25, -0.2) is 0 Å². The molecule has 1 amide bonds. The monoisotopic (exact) mass is 249 g/mol. The minimum Gasteiger partial charge on any atom is -0.496 e. The minimum atomic E-state index is -0.400. The van der Waals surface area contributed by atoms with Crippen LogP contribution in [0.15, 0.2) is 30.3 Å². The van der Waals surface area contributed by atoms with Crippen molar-refractivity contribution in [3.8, 4) is 5.75 Å². The summed E-state index contributed by atoms with van der Waals surface area (Å²) in [5.41, 5.74) is 0.852. The molecule has 98 valence electrons. The molecule has 0 aromatic heterocycles. The van der Waals surface area contributed by atoms with Crippen LogP contribution in [-0.2, 0) is 4.79 Å². The number of aliphatic hydroxyl groups is 1. The first-order valence-corrected chi connectivity index (χ1v) is 5.90. The van der Waals surface area contributed by atoms with Crippen LogP contribution in [0.4, 0.5) is 0 Å². The van der Waals surface area contributed by atoms with E-state index in [-0.39, 0.29) is 5.91 Å². The summed E-state index contributed by atoms with van der Waals surface area (Å²) in [6.45, 7) is 2.16. The third-order valence-electron chi connectivity index (χ3n) is 2.41. The lowest BCUT2D eigenvalue weighted by atomic mass is 10.2. The summed E-state index contributed by atoms with van der Waals surface area (Å²) in [5.74, 6) is 0.548. The predicted octanol–water partition coefficient (Wildman–Crippen LogP) is 1.60. The number of benzene rings is 1. The smallest absolute Gasteiger partial charge is 0.244 e. The molecule has 0 spiro atoms. The highest BCUT2D eigenvalue weighted by atomic mass is 16.5. The van der Waals surface area contributed by atoms with E-state index in [9.17, 15) is 4.79 Å². The van der Waals surface area contributed by atoms with Gasteiger partial charge in [0.1, 0.15) is 5.75 Å². The van der Waals surface area contributed by atoms with Gasteiger partial charge >= 0.3 is 0 Å². The first-order valence-electron chi connectivity index (χ1n) is 5.90. The number of methoxy groups -OCH3 is 1. The summed E-state index contributed by atoms with van der Waals surface area (Å²) in [6, 6.07) is 7.47. The number of carbonyl (C=O) groups excluding carboxylic acids is 1. The Bertz CT molecular complexity index is 413. The average molecular weight is 249 g/mol. The molecule has 0 saturated heterocycles. The van der Waals surface area contributed by atoms with Crippen LogP contribution in [0.5, 0.6) is 5.75 Å². The number of hydrogen-bond acceptors (Lipinski definition) is 3. The number of hydrogen-bond donors (Lipinski definition) is 2. The highest BCUT2D eigenvalue weighted by Crippen LogP contribution is 2.18. The highest BCUT2D eigenvalue weighted by molar-refractivity contribution is 5.92. The number of amides is 1. The van der Waals surface area contributed by atoms with E-state index in [1.165, 1.54) is 6.08 Å². The molecule has 2 N–H and O–H groups in total. The lowest BCUT2D eigenvalue weighted by Crippen LogP contribution is -2.24. The molecular weight excluding hydrogens is 230 g/mol. The molecule has 1 rings (SSSR count). The van der Waals surface area contributed by atoms with Crippen LogP contribution in [0, 0.1) is 0 Å². The Morgan fingerprint density at radius 3 is 2.89 bits per heavy atom. The van der Waals surface area contributed by atoms with E-state index < -0.39 is 6.10 Å². The number of aliphatic hydroxyl groups excluding tert-OH is 1. The van der Waals surface area contributed by atoms with Crippen molar-refractivity contribution in [1.82, 2.24) is 5.32 Å². The Morgan fingerprint density at radius 1 is 1.50 bits per heavy atom. The molecule has 1 atom stereocenters. The zero-order valence-electron chi connectivity index (χ0n) is 10.7. The number of rotatable bonds is 6. The van der Waals surface area contributed by atoms with E-state index in [0.717, 1.165) is 11.3 Å². The van der Waals surface area contributed by atoms with E-state index in [0.29, 0.717) is 13.0 Å². The van der Waals surface area contributed by atoms with Crippen LogP contribution >= 0.6 is 0 Å². The van der Waals surface area contributed by atoms with Crippen LogP contribution in [0.25, 0.3) is 6.08 Å². The van der Waals surface area contributed by atoms with Gasteiger partial charge in [-0.1, -0.05) is 18.2 Å². The molecule has 0 aliphatic rings. The van der Waals surface area contributed by atoms with Gasteiger partial charge in [0.15, 0.2) is 0 Å². The fourth-order valence-electron chi connectivity index (χ4n) is 1.43. The maximum atomic E-state index is 11.5. The Morgan fingerprint density at radius 2 is 2.22 bits per heavy atom. The zero-order valence-corrected chi connectivity index (χ0v) is 10.7. The van der Waals surface area contributed by atoms with Gasteiger partial charge in [0.25, 0.3) is 0 Å². The molecule has 0 aliphatic heterocycles. The zero-order chi connectivity index (χ0) is 13.4. The summed E-state index contributed by atoms with van der Waals surface area (Å²) in [6.07, 6.45) is 3.31. The van der Waals surface area contributed by atoms with Crippen molar-refractivity contribution >= 4 is 12.0 Å². The van der Waals surface area contributed by atoms with Gasteiger partial charge in [-0.2, -0.15) is 0 Å². The van der Waals surface area contributed by atoms with Crippen molar-refractivity contribution in [1.29, 1.82) is 0 Å². The van der Waals surface area contributed by atoms with E-state index in [1.54, 1.807) is 20.1 Å². The lowest BCUT2D eigenvalue weighted by molar-refractivity contribution is -0.116. The normalized spacial score (nSPS) is 12.4. The summed E-state index contributed by atoms with van der Waals surface area (Å²) in [5, 5.41) is 11.8. The number of ether oxygens (including phenoxy) is 1. The second kappa shape index (κ2) is 7.50. The number of nitrogens with one attached hydrogen (secondary N) is 1. The Kier molecular flexibility index (Phi) is 5.94. The van der Waals surface area contributed by atoms with Crippen molar-refractivity contribution in [3.63, 3.8) is 0 Å². The van der Waals surface area contributed by atoms with Gasteiger partial charge in [-0.05, 0) is 25.5 Å². The first-order chi connectivity index (χ1) is 8.63. The fourth-order valence-corrected chi connectivity index (χ4v) is 1.43. The third kappa shape index (κ3) is 5.01. The van der Waals surface area contributed by atoms with Crippen LogP contribution < -0.4 is 10.1 Å². The van der Waals surface area contributed by atoms with Gasteiger partial charge in [-0.15, -0.1) is 0 Å². The summed E-state index contributed by atoms with van der Waals surface area (Å²) >= 11 is 0. The second-order valence-corrected chi connectivity index (χ2v) is 4.00. The number of carbonyl (C=O) groups is 1. The molecule has 1 aromatic rings. The molecule has 4 heteroatoms. The van der Waals surface area contributed by atoms with Crippen molar-refractivity contribution in [2.45, 2.75) is 19.4 Å². The van der Waals surface area contributed by atoms with Gasteiger partial charge in [0.2, 0.25) is 5.91 Å². The molecule has 1 aromatic carbocycles.